The first-order chi connectivity index (χ1) is 11.4. The highest BCUT2D eigenvalue weighted by Crippen LogP contribution is 2.20. The normalized spacial score (nSPS) is 11.5. The Morgan fingerprint density at radius 3 is 1.96 bits per heavy atom. The fraction of sp³-hybridized carbons (Fsp3) is 0.263. The van der Waals surface area contributed by atoms with Gasteiger partial charge in [0.15, 0.2) is 0 Å². The van der Waals surface area contributed by atoms with Gasteiger partial charge in [-0.15, -0.1) is 0 Å². The van der Waals surface area contributed by atoms with E-state index < -0.39 is 6.04 Å². The Morgan fingerprint density at radius 2 is 1.42 bits per heavy atom. The van der Waals surface area contributed by atoms with Gasteiger partial charge in [0.2, 0.25) is 11.8 Å². The highest BCUT2D eigenvalue weighted by atomic mass is 16.2. The molecule has 0 bridgehead atoms. The molecule has 2 aromatic rings. The van der Waals surface area contributed by atoms with Crippen molar-refractivity contribution in [3.05, 3.63) is 53.6 Å². The molecule has 0 unspecified atom stereocenters. The summed E-state index contributed by atoms with van der Waals surface area (Å²) >= 11 is 0. The van der Waals surface area contributed by atoms with E-state index in [1.807, 2.05) is 51.1 Å². The predicted octanol–water partition coefficient (Wildman–Crippen LogP) is 3.70. The fourth-order valence-corrected chi connectivity index (χ4v) is 2.41. The fourth-order valence-electron chi connectivity index (χ4n) is 2.41. The summed E-state index contributed by atoms with van der Waals surface area (Å²) in [4.78, 5) is 23.4. The van der Waals surface area contributed by atoms with Crippen LogP contribution in [0.3, 0.4) is 0 Å². The first-order valence-corrected chi connectivity index (χ1v) is 7.88. The zero-order valence-corrected chi connectivity index (χ0v) is 14.4. The van der Waals surface area contributed by atoms with Crippen LogP contribution in [0.25, 0.3) is 0 Å². The van der Waals surface area contributed by atoms with Crippen LogP contribution in [0.1, 0.15) is 25.0 Å². The number of amides is 2. The monoisotopic (exact) mass is 325 g/mol. The van der Waals surface area contributed by atoms with Crippen molar-refractivity contribution in [3.63, 3.8) is 0 Å². The minimum absolute atomic E-state index is 0.0988. The van der Waals surface area contributed by atoms with E-state index in [0.717, 1.165) is 28.2 Å². The summed E-state index contributed by atoms with van der Waals surface area (Å²) in [5.74, 6) is -0.213. The molecule has 0 saturated heterocycles. The molecular formula is C19H23N3O2. The highest BCUT2D eigenvalue weighted by molar-refractivity contribution is 5.97. The lowest BCUT2D eigenvalue weighted by atomic mass is 10.1. The zero-order valence-electron chi connectivity index (χ0n) is 14.4. The number of para-hydroxylation sites is 1. The third kappa shape index (κ3) is 4.59. The minimum Gasteiger partial charge on any atom is -0.374 e. The molecule has 0 aromatic heterocycles. The summed E-state index contributed by atoms with van der Waals surface area (Å²) in [7, 11) is 0. The van der Waals surface area contributed by atoms with E-state index in [1.165, 1.54) is 6.92 Å². The van der Waals surface area contributed by atoms with Gasteiger partial charge in [0, 0.05) is 24.0 Å². The first kappa shape index (κ1) is 17.5. The number of carbonyl (C=O) groups is 2. The number of nitrogens with one attached hydrogen (secondary N) is 3. The van der Waals surface area contributed by atoms with E-state index in [0.29, 0.717) is 0 Å². The summed E-state index contributed by atoms with van der Waals surface area (Å²) in [6, 6.07) is 12.8. The number of benzene rings is 2. The number of rotatable bonds is 5. The molecular weight excluding hydrogens is 302 g/mol. The van der Waals surface area contributed by atoms with E-state index >= 15 is 0 Å². The Morgan fingerprint density at radius 1 is 0.875 bits per heavy atom. The smallest absolute Gasteiger partial charge is 0.246 e. The Kier molecular flexibility index (Phi) is 5.58. The van der Waals surface area contributed by atoms with Crippen LogP contribution in [-0.4, -0.2) is 17.9 Å². The summed E-state index contributed by atoms with van der Waals surface area (Å²) in [5.41, 5.74) is 4.47. The predicted molar refractivity (Wildman–Crippen MR) is 98.4 cm³/mol. The van der Waals surface area contributed by atoms with Gasteiger partial charge >= 0.3 is 0 Å². The molecule has 0 heterocycles. The van der Waals surface area contributed by atoms with Crippen LogP contribution in [-0.2, 0) is 9.59 Å². The number of hydrogen-bond acceptors (Lipinski definition) is 3. The Bertz CT molecular complexity index is 719. The van der Waals surface area contributed by atoms with Gasteiger partial charge in [-0.1, -0.05) is 18.2 Å². The molecule has 5 heteroatoms. The minimum atomic E-state index is -0.393. The Balaban J connectivity index is 2.00. The van der Waals surface area contributed by atoms with Crippen molar-refractivity contribution in [1.82, 2.24) is 0 Å². The lowest BCUT2D eigenvalue weighted by molar-refractivity contribution is -0.116. The van der Waals surface area contributed by atoms with Crippen LogP contribution in [0, 0.1) is 13.8 Å². The van der Waals surface area contributed by atoms with Crippen LogP contribution in [0.5, 0.6) is 0 Å². The largest absolute Gasteiger partial charge is 0.374 e. The molecule has 126 valence electrons. The Labute approximate surface area is 142 Å². The zero-order chi connectivity index (χ0) is 17.7. The number of anilines is 3. The van der Waals surface area contributed by atoms with E-state index in [1.54, 1.807) is 12.1 Å². The average Bonchev–Trinajstić information content (AvgIpc) is 2.52. The molecule has 0 aliphatic carbocycles. The third-order valence-electron chi connectivity index (χ3n) is 3.71. The van der Waals surface area contributed by atoms with Gasteiger partial charge in [-0.25, -0.2) is 0 Å². The third-order valence-corrected chi connectivity index (χ3v) is 3.71. The van der Waals surface area contributed by atoms with Gasteiger partial charge in [-0.05, 0) is 56.2 Å². The van der Waals surface area contributed by atoms with Gasteiger partial charge in [0.05, 0.1) is 0 Å². The maximum Gasteiger partial charge on any atom is 0.246 e. The maximum absolute atomic E-state index is 12.4. The summed E-state index contributed by atoms with van der Waals surface area (Å²) in [5, 5.41) is 8.84. The van der Waals surface area contributed by atoms with Crippen LogP contribution >= 0.6 is 0 Å². The molecule has 0 spiro atoms. The molecule has 0 radical (unpaired) electrons. The second-order valence-corrected chi connectivity index (χ2v) is 5.88. The summed E-state index contributed by atoms with van der Waals surface area (Å²) in [6.45, 7) is 7.22. The maximum atomic E-state index is 12.4. The highest BCUT2D eigenvalue weighted by Gasteiger charge is 2.14. The van der Waals surface area contributed by atoms with Crippen LogP contribution in [0.15, 0.2) is 42.5 Å². The van der Waals surface area contributed by atoms with E-state index in [2.05, 4.69) is 16.0 Å². The van der Waals surface area contributed by atoms with Crippen molar-refractivity contribution < 1.29 is 9.59 Å². The molecule has 2 aromatic carbocycles. The summed E-state index contributed by atoms with van der Waals surface area (Å²) < 4.78 is 0. The molecule has 1 atom stereocenters. The van der Waals surface area contributed by atoms with Crippen molar-refractivity contribution >= 4 is 28.9 Å². The van der Waals surface area contributed by atoms with Crippen molar-refractivity contribution in [3.8, 4) is 0 Å². The summed E-state index contributed by atoms with van der Waals surface area (Å²) in [6.07, 6.45) is 0. The topological polar surface area (TPSA) is 70.2 Å². The van der Waals surface area contributed by atoms with Crippen molar-refractivity contribution in [2.45, 2.75) is 33.7 Å². The SMILES string of the molecule is CC(=O)Nc1ccc(N[C@H](C)C(=O)Nc2c(C)cccc2C)cc1. The van der Waals surface area contributed by atoms with Crippen molar-refractivity contribution in [2.75, 3.05) is 16.0 Å². The lowest BCUT2D eigenvalue weighted by Crippen LogP contribution is -2.32. The molecule has 0 saturated carbocycles. The first-order valence-electron chi connectivity index (χ1n) is 7.88. The van der Waals surface area contributed by atoms with Gasteiger partial charge < -0.3 is 16.0 Å². The molecule has 2 amide bonds. The molecule has 0 fully saturated rings. The number of hydrogen-bond donors (Lipinski definition) is 3. The lowest BCUT2D eigenvalue weighted by Gasteiger charge is -2.18. The van der Waals surface area contributed by atoms with Gasteiger partial charge in [-0.3, -0.25) is 9.59 Å². The van der Waals surface area contributed by atoms with Gasteiger partial charge in [0.1, 0.15) is 6.04 Å². The molecule has 24 heavy (non-hydrogen) atoms. The van der Waals surface area contributed by atoms with Crippen molar-refractivity contribution in [1.29, 1.82) is 0 Å². The molecule has 3 N–H and O–H groups in total. The van der Waals surface area contributed by atoms with E-state index in [9.17, 15) is 9.59 Å². The average molecular weight is 325 g/mol. The molecule has 2 rings (SSSR count). The quantitative estimate of drug-likeness (QED) is 0.785. The molecule has 5 nitrogen and oxygen atoms in total. The standard InChI is InChI=1S/C19H23N3O2/c1-12-6-5-7-13(2)18(12)22-19(24)14(3)20-16-8-10-17(11-9-16)21-15(4)23/h5-11,14,20H,1-4H3,(H,21,23)(H,22,24)/t14-/m1/s1. The van der Waals surface area contributed by atoms with Gasteiger partial charge in [0.25, 0.3) is 0 Å². The second kappa shape index (κ2) is 7.64. The van der Waals surface area contributed by atoms with Crippen molar-refractivity contribution in [2.24, 2.45) is 0 Å². The Hall–Kier alpha value is -2.82. The molecule has 0 aliphatic heterocycles. The van der Waals surface area contributed by atoms with Crippen LogP contribution in [0.4, 0.5) is 17.1 Å². The second-order valence-electron chi connectivity index (χ2n) is 5.88. The van der Waals surface area contributed by atoms with Crippen LogP contribution < -0.4 is 16.0 Å². The van der Waals surface area contributed by atoms with E-state index in [4.69, 9.17) is 0 Å². The number of aryl methyl sites for hydroxylation is 2. The van der Waals surface area contributed by atoms with E-state index in [-0.39, 0.29) is 11.8 Å². The van der Waals surface area contributed by atoms with Gasteiger partial charge in [-0.2, -0.15) is 0 Å². The molecule has 0 aliphatic rings. The number of carbonyl (C=O) groups excluding carboxylic acids is 2. The van der Waals surface area contributed by atoms with Crippen LogP contribution in [0.2, 0.25) is 0 Å².